The van der Waals surface area contributed by atoms with Crippen LogP contribution < -0.4 is 0 Å². The van der Waals surface area contributed by atoms with Gasteiger partial charge < -0.3 is 8.83 Å². The van der Waals surface area contributed by atoms with Crippen LogP contribution in [0.1, 0.15) is 18.6 Å². The second-order valence-electron chi connectivity index (χ2n) is 9.16. The van der Waals surface area contributed by atoms with Crippen molar-refractivity contribution in [1.29, 1.82) is 0 Å². The molecule has 0 saturated carbocycles. The van der Waals surface area contributed by atoms with Crippen LogP contribution in [0.15, 0.2) is 106 Å². The van der Waals surface area contributed by atoms with E-state index in [1.165, 1.54) is 38.6 Å². The van der Waals surface area contributed by atoms with Crippen molar-refractivity contribution in [2.45, 2.75) is 21.3 Å². The first-order chi connectivity index (χ1) is 16.6. The molecule has 0 spiro atoms. The normalized spacial score (nSPS) is 11.5. The standard InChI is InChI=1S/C32H22O2.CH4/c1-19-9-12-29-26(15-19)28-18-24(10-13-30(28)33-29)22-7-4-6-21(16-22)23-11-14-31-27(17-23)25-8-3-5-20(2)32(25)34-31;/h3-18H,1-2H3;1H4. The van der Waals surface area contributed by atoms with Crippen LogP contribution in [-0.2, 0) is 0 Å². The molecule has 5 aromatic carbocycles. The molecule has 7 rings (SSSR count). The summed E-state index contributed by atoms with van der Waals surface area (Å²) in [6.07, 6.45) is 0. The zero-order valence-electron chi connectivity index (χ0n) is 19.1. The van der Waals surface area contributed by atoms with E-state index in [1.807, 2.05) is 0 Å². The fourth-order valence-electron chi connectivity index (χ4n) is 5.07. The lowest BCUT2D eigenvalue weighted by Crippen LogP contribution is -1.82. The van der Waals surface area contributed by atoms with Crippen molar-refractivity contribution in [1.82, 2.24) is 0 Å². The predicted octanol–water partition coefficient (Wildman–Crippen LogP) is 10.1. The first kappa shape index (κ1) is 21.2. The van der Waals surface area contributed by atoms with Crippen molar-refractivity contribution < 1.29 is 8.83 Å². The Hall–Kier alpha value is -4.30. The molecule has 0 fully saturated rings. The second kappa shape index (κ2) is 7.89. The maximum atomic E-state index is 6.13. The second-order valence-corrected chi connectivity index (χ2v) is 9.16. The van der Waals surface area contributed by atoms with E-state index in [0.29, 0.717) is 0 Å². The third-order valence-corrected chi connectivity index (χ3v) is 6.85. The van der Waals surface area contributed by atoms with Gasteiger partial charge in [-0.1, -0.05) is 67.6 Å². The van der Waals surface area contributed by atoms with Gasteiger partial charge in [-0.2, -0.15) is 0 Å². The zero-order valence-corrected chi connectivity index (χ0v) is 19.1. The monoisotopic (exact) mass is 454 g/mol. The third-order valence-electron chi connectivity index (χ3n) is 6.85. The largest absolute Gasteiger partial charge is 0.456 e. The smallest absolute Gasteiger partial charge is 0.138 e. The summed E-state index contributed by atoms with van der Waals surface area (Å²) in [6, 6.07) is 34.4. The van der Waals surface area contributed by atoms with Crippen LogP contribution in [0.3, 0.4) is 0 Å². The number of benzene rings is 5. The Balaban J connectivity index is 0.00000229. The third kappa shape index (κ3) is 3.33. The van der Waals surface area contributed by atoms with Crippen LogP contribution in [0.25, 0.3) is 66.1 Å². The minimum atomic E-state index is 0. The first-order valence-electron chi connectivity index (χ1n) is 11.6. The molecule has 2 heteroatoms. The van der Waals surface area contributed by atoms with Crippen molar-refractivity contribution in [3.05, 3.63) is 108 Å². The average molecular weight is 455 g/mol. The Morgan fingerprint density at radius 2 is 1.00 bits per heavy atom. The Morgan fingerprint density at radius 3 is 1.71 bits per heavy atom. The molecule has 0 amide bonds. The van der Waals surface area contributed by atoms with Gasteiger partial charge in [0.15, 0.2) is 0 Å². The molecular formula is C33H26O2. The fraction of sp³-hybridized carbons (Fsp3) is 0.0909. The molecule has 2 heterocycles. The fourth-order valence-corrected chi connectivity index (χ4v) is 5.07. The van der Waals surface area contributed by atoms with E-state index in [0.717, 1.165) is 38.7 Å². The van der Waals surface area contributed by atoms with Crippen molar-refractivity contribution in [3.63, 3.8) is 0 Å². The molecule has 2 nitrogen and oxygen atoms in total. The minimum Gasteiger partial charge on any atom is -0.456 e. The van der Waals surface area contributed by atoms with Crippen LogP contribution in [0.5, 0.6) is 0 Å². The SMILES string of the molecule is C.Cc1ccc2oc3ccc(-c4cccc(-c5ccc6oc7c(C)cccc7c6c5)c4)cc3c2c1. The predicted molar refractivity (Wildman–Crippen MR) is 148 cm³/mol. The number of hydrogen-bond acceptors (Lipinski definition) is 2. The molecule has 0 atom stereocenters. The molecule has 0 aliphatic rings. The molecule has 0 radical (unpaired) electrons. The molecule has 0 unspecified atom stereocenters. The Labute approximate surface area is 204 Å². The maximum Gasteiger partial charge on any atom is 0.138 e. The van der Waals surface area contributed by atoms with Gasteiger partial charge in [0.25, 0.3) is 0 Å². The Bertz CT molecular complexity index is 1850. The van der Waals surface area contributed by atoms with Gasteiger partial charge >= 0.3 is 0 Å². The summed E-state index contributed by atoms with van der Waals surface area (Å²) in [5.74, 6) is 0. The lowest BCUT2D eigenvalue weighted by molar-refractivity contribution is 0.666. The average Bonchev–Trinajstić information content (AvgIpc) is 3.42. The highest BCUT2D eigenvalue weighted by molar-refractivity contribution is 6.08. The van der Waals surface area contributed by atoms with E-state index in [9.17, 15) is 0 Å². The van der Waals surface area contributed by atoms with Gasteiger partial charge in [-0.15, -0.1) is 0 Å². The van der Waals surface area contributed by atoms with E-state index in [4.69, 9.17) is 8.83 Å². The molecule has 35 heavy (non-hydrogen) atoms. The van der Waals surface area contributed by atoms with Crippen molar-refractivity contribution >= 4 is 43.9 Å². The van der Waals surface area contributed by atoms with Gasteiger partial charge in [-0.05, 0) is 84.1 Å². The summed E-state index contributed by atoms with van der Waals surface area (Å²) in [6.45, 7) is 4.21. The molecule has 0 bridgehead atoms. The molecule has 0 N–H and O–H groups in total. The topological polar surface area (TPSA) is 26.3 Å². The minimum absolute atomic E-state index is 0. The Morgan fingerprint density at radius 1 is 0.457 bits per heavy atom. The molecule has 7 aromatic rings. The highest BCUT2D eigenvalue weighted by atomic mass is 16.3. The molecule has 0 aliphatic carbocycles. The van der Waals surface area contributed by atoms with E-state index in [1.54, 1.807) is 0 Å². The maximum absolute atomic E-state index is 6.13. The van der Waals surface area contributed by atoms with E-state index >= 15 is 0 Å². The first-order valence-corrected chi connectivity index (χ1v) is 11.6. The van der Waals surface area contributed by atoms with Crippen LogP contribution in [0, 0.1) is 13.8 Å². The number of hydrogen-bond donors (Lipinski definition) is 0. The number of para-hydroxylation sites is 1. The van der Waals surface area contributed by atoms with Gasteiger partial charge in [0.05, 0.1) is 0 Å². The number of furan rings is 2. The molecular weight excluding hydrogens is 428 g/mol. The van der Waals surface area contributed by atoms with Gasteiger partial charge in [-0.25, -0.2) is 0 Å². The highest BCUT2D eigenvalue weighted by Gasteiger charge is 2.12. The van der Waals surface area contributed by atoms with Crippen molar-refractivity contribution in [2.24, 2.45) is 0 Å². The van der Waals surface area contributed by atoms with Crippen LogP contribution in [-0.4, -0.2) is 0 Å². The van der Waals surface area contributed by atoms with E-state index < -0.39 is 0 Å². The van der Waals surface area contributed by atoms with Crippen molar-refractivity contribution in [3.8, 4) is 22.3 Å². The lowest BCUT2D eigenvalue weighted by atomic mass is 9.97. The van der Waals surface area contributed by atoms with Gasteiger partial charge in [0.2, 0.25) is 0 Å². The van der Waals surface area contributed by atoms with Gasteiger partial charge in [-0.3, -0.25) is 0 Å². The molecule has 170 valence electrons. The Kier molecular flexibility index (Phi) is 4.79. The number of rotatable bonds is 2. The summed E-state index contributed by atoms with van der Waals surface area (Å²) in [4.78, 5) is 0. The summed E-state index contributed by atoms with van der Waals surface area (Å²) >= 11 is 0. The molecule has 0 saturated heterocycles. The number of aryl methyl sites for hydroxylation is 2. The van der Waals surface area contributed by atoms with Crippen LogP contribution >= 0.6 is 0 Å². The van der Waals surface area contributed by atoms with Gasteiger partial charge in [0, 0.05) is 21.5 Å². The van der Waals surface area contributed by atoms with E-state index in [2.05, 4.69) is 111 Å². The van der Waals surface area contributed by atoms with Crippen LogP contribution in [0.2, 0.25) is 0 Å². The molecule has 0 aliphatic heterocycles. The summed E-state index contributed by atoms with van der Waals surface area (Å²) < 4.78 is 12.2. The van der Waals surface area contributed by atoms with E-state index in [-0.39, 0.29) is 7.43 Å². The molecule has 2 aromatic heterocycles. The summed E-state index contributed by atoms with van der Waals surface area (Å²) in [5.41, 5.74) is 10.9. The quantitative estimate of drug-likeness (QED) is 0.260. The van der Waals surface area contributed by atoms with Crippen LogP contribution in [0.4, 0.5) is 0 Å². The number of fused-ring (bicyclic) bond motifs is 6. The van der Waals surface area contributed by atoms with Gasteiger partial charge in [0.1, 0.15) is 22.3 Å². The summed E-state index contributed by atoms with van der Waals surface area (Å²) in [5, 5.41) is 4.65. The lowest BCUT2D eigenvalue weighted by Gasteiger charge is -2.07. The van der Waals surface area contributed by atoms with Crippen molar-refractivity contribution in [2.75, 3.05) is 0 Å². The summed E-state index contributed by atoms with van der Waals surface area (Å²) in [7, 11) is 0. The highest BCUT2D eigenvalue weighted by Crippen LogP contribution is 2.36. The zero-order chi connectivity index (χ0) is 22.8.